The topological polar surface area (TPSA) is 187 Å². The van der Waals surface area contributed by atoms with Gasteiger partial charge in [0.1, 0.15) is 36.6 Å². The fourth-order valence-electron chi connectivity index (χ4n) is 16.3. The molecule has 79 heavy (non-hydrogen) atoms. The molecule has 6 saturated carbocycles. The molecule has 0 spiro atoms. The standard InChI is InChI=1S/C30H33F3O7S.C28H35F3O6S/c1-5-24(35)40-30(26(37)41-15-31)16(2)11-18-19-13-21(32)20-12-17(34)8-9-27(20,3)29(19,33)23(14-28(18,30)4)39-25(36)22-7-6-10-38-22;1-6-22(33)36-21-13-26(5)17(10-15(3)28(26,24(35)38-14-29)37-23(34)7-2)18-12-20(30)19-11-16(32)8-9-25(19,4)27(18,21)31/h6-10,12,16,18-19,21,23H,5,11,13-15H2,1-4H3;8-9,11,15,17-18,20-21H,6-7,10,12-14H2,1-5H3/t16-,18+,19+,21+,23+,27+,28+,29+,30+;15-,17+,18+,20+,21+,25+,26+,27+,28+/m11/s1. The van der Waals surface area contributed by atoms with Crippen molar-refractivity contribution in [1.82, 2.24) is 0 Å². The number of hydrogen-bond donors (Lipinski definition) is 0. The fraction of sp³-hybridized carbons (Fsp3) is 0.655. The molecule has 0 N–H and O–H groups in total. The molecule has 0 radical (unpaired) electrons. The number of esters is 4. The number of ketones is 2. The van der Waals surface area contributed by atoms with Crippen molar-refractivity contribution in [2.24, 2.45) is 57.2 Å². The van der Waals surface area contributed by atoms with Crippen LogP contribution >= 0.6 is 23.5 Å². The number of fused-ring (bicyclic) bond motifs is 10. The van der Waals surface area contributed by atoms with Crippen LogP contribution in [0.5, 0.6) is 0 Å². The van der Waals surface area contributed by atoms with Crippen molar-refractivity contribution >= 4 is 69.2 Å². The third-order valence-electron chi connectivity index (χ3n) is 19.9. The van der Waals surface area contributed by atoms with E-state index in [1.54, 1.807) is 48.5 Å². The van der Waals surface area contributed by atoms with Gasteiger partial charge in [0.15, 0.2) is 34.1 Å². The molecule has 1 heterocycles. The van der Waals surface area contributed by atoms with E-state index >= 15 is 17.6 Å². The lowest BCUT2D eigenvalue weighted by Gasteiger charge is -2.63. The smallest absolute Gasteiger partial charge is 0.374 e. The number of furan rings is 1. The minimum absolute atomic E-state index is 0.00341. The molecule has 8 aliphatic rings. The summed E-state index contributed by atoms with van der Waals surface area (Å²) in [6.07, 6.45) is 1.40. The summed E-state index contributed by atoms with van der Waals surface area (Å²) in [5.41, 5.74) is -14.3. The Kier molecular flexibility index (Phi) is 16.3. The number of hydrogen-bond acceptors (Lipinski definition) is 15. The summed E-state index contributed by atoms with van der Waals surface area (Å²) in [5, 5.41) is -1.40. The van der Waals surface area contributed by atoms with Gasteiger partial charge in [0.25, 0.3) is 0 Å². The maximum absolute atomic E-state index is 18.2. The van der Waals surface area contributed by atoms with Crippen LogP contribution in [0.2, 0.25) is 0 Å². The normalized spacial score (nSPS) is 42.2. The minimum Gasteiger partial charge on any atom is -0.459 e. The summed E-state index contributed by atoms with van der Waals surface area (Å²) >= 11 is 0.755. The second-order valence-electron chi connectivity index (χ2n) is 23.4. The highest BCUT2D eigenvalue weighted by atomic mass is 32.2. The van der Waals surface area contributed by atoms with Gasteiger partial charge in [-0.2, -0.15) is 0 Å². The lowest BCUT2D eigenvalue weighted by molar-refractivity contribution is -0.237. The summed E-state index contributed by atoms with van der Waals surface area (Å²) in [6, 6.07) is 0.716. The van der Waals surface area contributed by atoms with Crippen molar-refractivity contribution in [3.63, 3.8) is 0 Å². The van der Waals surface area contributed by atoms with Gasteiger partial charge < -0.3 is 23.4 Å². The van der Waals surface area contributed by atoms with Crippen LogP contribution in [0.15, 0.2) is 70.4 Å². The monoisotopic (exact) mass is 1150 g/mol. The van der Waals surface area contributed by atoms with E-state index in [9.17, 15) is 47.1 Å². The molecule has 6 fully saturated rings. The van der Waals surface area contributed by atoms with E-state index in [1.165, 1.54) is 56.5 Å². The molecular formula is C58H68F6O13S2. The highest BCUT2D eigenvalue weighted by Crippen LogP contribution is 2.75. The third kappa shape index (κ3) is 8.69. The summed E-state index contributed by atoms with van der Waals surface area (Å²) in [5.74, 6) is -8.91. The molecule has 18 atom stereocenters. The van der Waals surface area contributed by atoms with Crippen molar-refractivity contribution < 1.29 is 88.1 Å². The van der Waals surface area contributed by atoms with Crippen LogP contribution in [0.3, 0.4) is 0 Å². The summed E-state index contributed by atoms with van der Waals surface area (Å²) in [6.45, 7) is 14.4. The fourth-order valence-corrected chi connectivity index (χ4v) is 17.8. The molecule has 21 heteroatoms. The Morgan fingerprint density at radius 2 is 1.03 bits per heavy atom. The molecule has 0 amide bonds. The van der Waals surface area contributed by atoms with Crippen molar-refractivity contribution in [2.45, 2.75) is 167 Å². The summed E-state index contributed by atoms with van der Waals surface area (Å²) in [4.78, 5) is 103. The Bertz CT molecular complexity index is 2800. The first-order valence-corrected chi connectivity index (χ1v) is 28.9. The van der Waals surface area contributed by atoms with E-state index in [0.29, 0.717) is 23.5 Å². The van der Waals surface area contributed by atoms with Crippen molar-refractivity contribution in [3.8, 4) is 0 Å². The third-order valence-corrected chi connectivity index (χ3v) is 21.3. The van der Waals surface area contributed by atoms with Crippen LogP contribution in [-0.4, -0.2) is 105 Å². The number of halogens is 6. The Balaban J connectivity index is 0.000000209. The summed E-state index contributed by atoms with van der Waals surface area (Å²) < 4.78 is 124. The Labute approximate surface area is 463 Å². The Morgan fingerprint density at radius 3 is 1.39 bits per heavy atom. The number of allylic oxidation sites excluding steroid dienone is 8. The van der Waals surface area contributed by atoms with Gasteiger partial charge in [0, 0.05) is 64.6 Å². The van der Waals surface area contributed by atoms with E-state index in [4.69, 9.17) is 23.4 Å². The Morgan fingerprint density at radius 1 is 0.620 bits per heavy atom. The van der Waals surface area contributed by atoms with Crippen LogP contribution in [-0.2, 0) is 52.5 Å². The quantitative estimate of drug-likeness (QED) is 0.109. The van der Waals surface area contributed by atoms with Gasteiger partial charge in [-0.05, 0) is 135 Å². The minimum atomic E-state index is -2.41. The molecule has 9 rings (SSSR count). The zero-order valence-corrected chi connectivity index (χ0v) is 47.3. The number of alkyl halides is 6. The van der Waals surface area contributed by atoms with Crippen LogP contribution in [0.1, 0.15) is 131 Å². The van der Waals surface area contributed by atoms with Gasteiger partial charge >= 0.3 is 23.9 Å². The number of ether oxygens (including phenoxy) is 4. The molecule has 0 unspecified atom stereocenters. The maximum atomic E-state index is 18.2. The van der Waals surface area contributed by atoms with E-state index in [-0.39, 0.29) is 74.7 Å². The van der Waals surface area contributed by atoms with E-state index in [1.807, 2.05) is 0 Å². The first kappa shape index (κ1) is 60.2. The SMILES string of the molecule is CCC(=O)O[C@H]1C[C@@]2(C)[C@@H](C[C@@H](C)[C@]2(OC(=O)CC)C(=O)SCF)[C@@H]2C[C@H](F)C3=CC(=O)C=C[C@]3(C)[C@@]12F.CCC(=O)O[C@]1(C(=O)SCF)[C@H](C)C[C@H]2[C@@H]3C[C@H](F)C4=CC(=O)C=C[C@]4(C)[C@@]3(F)[C@@H](OC(=O)c3ccco3)C[C@@]21C. The van der Waals surface area contributed by atoms with Gasteiger partial charge in [-0.1, -0.05) is 60.6 Å². The number of thioether (sulfide) groups is 2. The molecule has 1 aromatic rings. The molecule has 0 aliphatic heterocycles. The van der Waals surface area contributed by atoms with Gasteiger partial charge in [-0.3, -0.25) is 33.6 Å². The molecule has 0 bridgehead atoms. The van der Waals surface area contributed by atoms with E-state index in [0.717, 1.165) is 12.2 Å². The van der Waals surface area contributed by atoms with Crippen LogP contribution in [0.4, 0.5) is 26.3 Å². The number of carbonyl (C=O) groups is 8. The molecular weight excluding hydrogens is 1080 g/mol. The molecule has 1 aromatic heterocycles. The van der Waals surface area contributed by atoms with Gasteiger partial charge in [0.2, 0.25) is 16.0 Å². The van der Waals surface area contributed by atoms with Crippen LogP contribution < -0.4 is 0 Å². The first-order chi connectivity index (χ1) is 37.1. The lowest BCUT2D eigenvalue weighted by Crippen LogP contribution is -2.71. The Hall–Kier alpha value is -4.92. The van der Waals surface area contributed by atoms with Crippen LogP contribution in [0, 0.1) is 57.2 Å². The molecule has 0 saturated heterocycles. The summed E-state index contributed by atoms with van der Waals surface area (Å²) in [7, 11) is 0. The zero-order valence-electron chi connectivity index (χ0n) is 45.6. The molecule has 0 aromatic carbocycles. The predicted octanol–water partition coefficient (Wildman–Crippen LogP) is 11.3. The number of carbonyl (C=O) groups excluding carboxylic acids is 8. The highest BCUT2D eigenvalue weighted by Gasteiger charge is 2.81. The maximum Gasteiger partial charge on any atom is 0.374 e. The van der Waals surface area contributed by atoms with E-state index in [2.05, 4.69) is 0 Å². The van der Waals surface area contributed by atoms with E-state index < -0.39 is 162 Å². The first-order valence-electron chi connectivity index (χ1n) is 27.0. The lowest BCUT2D eigenvalue weighted by atomic mass is 9.44. The van der Waals surface area contributed by atoms with Crippen molar-refractivity contribution in [2.75, 3.05) is 12.0 Å². The number of rotatable bonds is 12. The zero-order chi connectivity index (χ0) is 58.2. The van der Waals surface area contributed by atoms with Gasteiger partial charge in [-0.25, -0.2) is 31.1 Å². The van der Waals surface area contributed by atoms with Crippen molar-refractivity contribution in [1.29, 1.82) is 0 Å². The largest absolute Gasteiger partial charge is 0.459 e. The molecule has 8 aliphatic carbocycles. The highest BCUT2D eigenvalue weighted by molar-refractivity contribution is 8.14. The molecule has 13 nitrogen and oxygen atoms in total. The van der Waals surface area contributed by atoms with Crippen molar-refractivity contribution in [3.05, 3.63) is 71.8 Å². The van der Waals surface area contributed by atoms with Crippen LogP contribution in [0.25, 0.3) is 0 Å². The average Bonchev–Trinajstić information content (AvgIpc) is 3.55. The van der Waals surface area contributed by atoms with Gasteiger partial charge in [-0.15, -0.1) is 0 Å². The second-order valence-corrected chi connectivity index (χ2v) is 25.1. The van der Waals surface area contributed by atoms with Gasteiger partial charge in [0.05, 0.1) is 6.26 Å². The predicted molar refractivity (Wildman–Crippen MR) is 278 cm³/mol. The molecule has 432 valence electrons. The second kappa shape index (κ2) is 21.4. The average molecular weight is 1150 g/mol.